The Morgan fingerprint density at radius 1 is 0.955 bits per heavy atom. The standard InChI is InChI=1S/C28H42N6O5S2.3ClH/c1-4-5-12-32-13-15-34(16-14-32)41(38,39)25-9-7-24(8-10-25)30-28(35)26-17-22(19-33-20-23(18-29)21-33)6-11-27(26)31(2)40(3,36)37;;;/h6-11,17,23H,4-5,12-16,18-21,29H2,1-3H3,(H,30,35);3*1H. The van der Waals surface area contributed by atoms with Crippen molar-refractivity contribution in [1.29, 1.82) is 0 Å². The van der Waals surface area contributed by atoms with Crippen molar-refractivity contribution in [3.8, 4) is 0 Å². The summed E-state index contributed by atoms with van der Waals surface area (Å²) < 4.78 is 53.6. The number of nitrogens with two attached hydrogens (primary N) is 1. The Labute approximate surface area is 280 Å². The summed E-state index contributed by atoms with van der Waals surface area (Å²) in [4.78, 5) is 18.1. The predicted octanol–water partition coefficient (Wildman–Crippen LogP) is 3.10. The molecule has 2 aromatic rings. The van der Waals surface area contributed by atoms with Gasteiger partial charge in [-0.3, -0.25) is 14.0 Å². The third-order valence-electron chi connectivity index (χ3n) is 7.82. The average Bonchev–Trinajstić information content (AvgIpc) is 2.93. The maximum absolute atomic E-state index is 13.4. The van der Waals surface area contributed by atoms with E-state index in [0.29, 0.717) is 50.9 Å². The number of nitrogens with zero attached hydrogens (tertiary/aromatic N) is 4. The van der Waals surface area contributed by atoms with E-state index >= 15 is 0 Å². The van der Waals surface area contributed by atoms with Gasteiger partial charge in [-0.05, 0) is 67.4 Å². The number of carbonyl (C=O) groups excluding carboxylic acids is 1. The quantitative estimate of drug-likeness (QED) is 0.343. The van der Waals surface area contributed by atoms with Gasteiger partial charge in [-0.1, -0.05) is 19.4 Å². The molecule has 2 aliphatic heterocycles. The Bertz CT molecular complexity index is 1430. The molecule has 2 fully saturated rings. The summed E-state index contributed by atoms with van der Waals surface area (Å²) in [7, 11) is -5.85. The number of likely N-dealkylation sites (tertiary alicyclic amines) is 1. The molecule has 44 heavy (non-hydrogen) atoms. The zero-order chi connectivity index (χ0) is 29.8. The van der Waals surface area contributed by atoms with Gasteiger partial charge in [0, 0.05) is 58.5 Å². The smallest absolute Gasteiger partial charge is 0.257 e. The van der Waals surface area contributed by atoms with Crippen molar-refractivity contribution in [2.75, 3.05) is 75.3 Å². The molecule has 0 atom stereocenters. The van der Waals surface area contributed by atoms with Crippen LogP contribution in [0, 0.1) is 5.92 Å². The second-order valence-electron chi connectivity index (χ2n) is 11.0. The van der Waals surface area contributed by atoms with Crippen molar-refractivity contribution in [2.45, 2.75) is 31.2 Å². The minimum atomic E-state index is -3.65. The average molecular weight is 716 g/mol. The molecule has 0 radical (unpaired) electrons. The Morgan fingerprint density at radius 3 is 2.11 bits per heavy atom. The van der Waals surface area contributed by atoms with E-state index in [9.17, 15) is 21.6 Å². The van der Waals surface area contributed by atoms with Gasteiger partial charge in [0.25, 0.3) is 5.91 Å². The summed E-state index contributed by atoms with van der Waals surface area (Å²) in [6.07, 6.45) is 3.29. The number of hydrogen-bond donors (Lipinski definition) is 2. The number of sulfonamides is 2. The molecule has 0 bridgehead atoms. The highest BCUT2D eigenvalue weighted by molar-refractivity contribution is 7.92. The molecule has 0 spiro atoms. The van der Waals surface area contributed by atoms with Crippen LogP contribution in [-0.2, 0) is 26.6 Å². The number of rotatable bonds is 12. The molecule has 2 aliphatic rings. The predicted molar refractivity (Wildman–Crippen MR) is 184 cm³/mol. The maximum atomic E-state index is 13.4. The van der Waals surface area contributed by atoms with Crippen molar-refractivity contribution in [2.24, 2.45) is 11.7 Å². The van der Waals surface area contributed by atoms with Gasteiger partial charge in [0.1, 0.15) is 0 Å². The molecule has 2 heterocycles. The monoisotopic (exact) mass is 714 g/mol. The highest BCUT2D eigenvalue weighted by Gasteiger charge is 2.29. The molecule has 3 N–H and O–H groups in total. The second kappa shape index (κ2) is 17.3. The Balaban J connectivity index is 0.00000323. The normalized spacial score (nSPS) is 16.5. The maximum Gasteiger partial charge on any atom is 0.257 e. The third kappa shape index (κ3) is 9.91. The van der Waals surface area contributed by atoms with E-state index in [4.69, 9.17) is 5.73 Å². The van der Waals surface area contributed by atoms with Gasteiger partial charge in [0.15, 0.2) is 0 Å². The number of halogens is 3. The van der Waals surface area contributed by atoms with E-state index < -0.39 is 26.0 Å². The lowest BCUT2D eigenvalue weighted by Gasteiger charge is -2.38. The number of hydrogen-bond acceptors (Lipinski definition) is 8. The molecule has 2 saturated heterocycles. The van der Waals surface area contributed by atoms with Crippen LogP contribution >= 0.6 is 37.2 Å². The van der Waals surface area contributed by atoms with Crippen molar-refractivity contribution < 1.29 is 21.6 Å². The van der Waals surface area contributed by atoms with E-state index in [1.54, 1.807) is 24.3 Å². The van der Waals surface area contributed by atoms with Crippen LogP contribution in [0.5, 0.6) is 0 Å². The van der Waals surface area contributed by atoms with E-state index in [0.717, 1.165) is 48.6 Å². The minimum Gasteiger partial charge on any atom is -0.330 e. The SMILES string of the molecule is CCCCN1CCN(S(=O)(=O)c2ccc(NC(=O)c3cc(CN4CC(CN)C4)ccc3N(C)S(C)(=O)=O)cc2)CC1.Cl.Cl.Cl. The number of nitrogens with one attached hydrogen (secondary N) is 1. The molecular formula is C28H45Cl3N6O5S2. The first kappa shape index (κ1) is 40.3. The number of anilines is 2. The van der Waals surface area contributed by atoms with Crippen LogP contribution in [0.3, 0.4) is 0 Å². The van der Waals surface area contributed by atoms with Gasteiger partial charge in [-0.2, -0.15) is 4.31 Å². The van der Waals surface area contributed by atoms with Crippen molar-refractivity contribution in [1.82, 2.24) is 14.1 Å². The third-order valence-corrected chi connectivity index (χ3v) is 10.9. The minimum absolute atomic E-state index is 0. The number of carbonyl (C=O) groups is 1. The van der Waals surface area contributed by atoms with Gasteiger partial charge in [0.2, 0.25) is 20.0 Å². The summed E-state index contributed by atoms with van der Waals surface area (Å²) in [5.74, 6) is -0.0183. The fraction of sp³-hybridized carbons (Fsp3) is 0.536. The van der Waals surface area contributed by atoms with Gasteiger partial charge in [-0.25, -0.2) is 16.8 Å². The van der Waals surface area contributed by atoms with Crippen LogP contribution in [0.2, 0.25) is 0 Å². The van der Waals surface area contributed by atoms with E-state index in [2.05, 4.69) is 22.0 Å². The molecule has 4 rings (SSSR count). The number of benzene rings is 2. The van der Waals surface area contributed by atoms with Crippen LogP contribution in [0.1, 0.15) is 35.7 Å². The molecule has 250 valence electrons. The van der Waals surface area contributed by atoms with Crippen LogP contribution < -0.4 is 15.4 Å². The lowest BCUT2D eigenvalue weighted by Crippen LogP contribution is -2.49. The number of piperazine rings is 1. The lowest BCUT2D eigenvalue weighted by molar-refractivity contribution is 0.0976. The van der Waals surface area contributed by atoms with E-state index in [1.807, 2.05) is 6.07 Å². The van der Waals surface area contributed by atoms with Crippen LogP contribution in [0.4, 0.5) is 11.4 Å². The Kier molecular flexibility index (Phi) is 15.9. The molecule has 0 aromatic heterocycles. The van der Waals surface area contributed by atoms with Crippen molar-refractivity contribution >= 4 is 74.5 Å². The summed E-state index contributed by atoms with van der Waals surface area (Å²) in [6.45, 7) is 8.46. The first-order valence-electron chi connectivity index (χ1n) is 14.1. The summed E-state index contributed by atoms with van der Waals surface area (Å²) in [6, 6.07) is 11.3. The van der Waals surface area contributed by atoms with Crippen LogP contribution in [0.15, 0.2) is 47.4 Å². The number of amides is 1. The van der Waals surface area contributed by atoms with E-state index in [1.165, 1.54) is 23.5 Å². The Morgan fingerprint density at radius 2 is 1.57 bits per heavy atom. The van der Waals surface area contributed by atoms with Crippen molar-refractivity contribution in [3.63, 3.8) is 0 Å². The zero-order valence-corrected chi connectivity index (χ0v) is 29.4. The van der Waals surface area contributed by atoms with Crippen molar-refractivity contribution in [3.05, 3.63) is 53.6 Å². The van der Waals surface area contributed by atoms with Crippen LogP contribution in [0.25, 0.3) is 0 Å². The summed E-state index contributed by atoms with van der Waals surface area (Å²) in [5.41, 5.74) is 7.49. The summed E-state index contributed by atoms with van der Waals surface area (Å²) in [5, 5.41) is 2.81. The van der Waals surface area contributed by atoms with Gasteiger partial charge >= 0.3 is 0 Å². The summed E-state index contributed by atoms with van der Waals surface area (Å²) >= 11 is 0. The largest absolute Gasteiger partial charge is 0.330 e. The van der Waals surface area contributed by atoms with Crippen LogP contribution in [-0.4, -0.2) is 103 Å². The highest BCUT2D eigenvalue weighted by atomic mass is 35.5. The molecule has 1 amide bonds. The van der Waals surface area contributed by atoms with Gasteiger partial charge in [-0.15, -0.1) is 37.2 Å². The van der Waals surface area contributed by atoms with Gasteiger partial charge < -0.3 is 16.0 Å². The lowest BCUT2D eigenvalue weighted by atomic mass is 9.99. The fourth-order valence-electron chi connectivity index (χ4n) is 5.16. The molecule has 11 nitrogen and oxygen atoms in total. The molecule has 2 aromatic carbocycles. The Hall–Kier alpha value is -1.68. The molecule has 0 saturated carbocycles. The number of unbranched alkanes of at least 4 members (excludes halogenated alkanes) is 1. The molecule has 16 heteroatoms. The molecular weight excluding hydrogens is 671 g/mol. The molecule has 0 aliphatic carbocycles. The molecule has 0 unspecified atom stereocenters. The topological polar surface area (TPSA) is 136 Å². The van der Waals surface area contributed by atoms with E-state index in [-0.39, 0.29) is 53.4 Å². The first-order valence-corrected chi connectivity index (χ1v) is 17.3. The first-order chi connectivity index (χ1) is 19.4. The second-order valence-corrected chi connectivity index (χ2v) is 14.9. The fourth-order valence-corrected chi connectivity index (χ4v) is 7.10. The van der Waals surface area contributed by atoms with Gasteiger partial charge in [0.05, 0.1) is 22.4 Å². The zero-order valence-electron chi connectivity index (χ0n) is 25.3. The highest BCUT2D eigenvalue weighted by Crippen LogP contribution is 2.27.